The SMILES string of the molecule is CCCNCC(=O)c1ccc(OCC)c(OCC)c1. The second-order valence-electron chi connectivity index (χ2n) is 4.13. The summed E-state index contributed by atoms with van der Waals surface area (Å²) in [5.74, 6) is 1.38. The van der Waals surface area contributed by atoms with Crippen molar-refractivity contribution in [1.82, 2.24) is 5.32 Å². The molecule has 0 aliphatic carbocycles. The first kappa shape index (κ1) is 15.5. The van der Waals surface area contributed by atoms with Gasteiger partial charge in [-0.15, -0.1) is 0 Å². The quantitative estimate of drug-likeness (QED) is 0.551. The molecule has 0 unspecified atom stereocenters. The molecule has 0 fully saturated rings. The molecule has 0 bridgehead atoms. The van der Waals surface area contributed by atoms with Gasteiger partial charge in [-0.25, -0.2) is 0 Å². The lowest BCUT2D eigenvalue weighted by atomic mass is 10.1. The van der Waals surface area contributed by atoms with Crippen LogP contribution in [0, 0.1) is 0 Å². The van der Waals surface area contributed by atoms with Gasteiger partial charge in [0.1, 0.15) is 0 Å². The largest absolute Gasteiger partial charge is 0.490 e. The fraction of sp³-hybridized carbons (Fsp3) is 0.533. The van der Waals surface area contributed by atoms with E-state index >= 15 is 0 Å². The number of hydrogen-bond donors (Lipinski definition) is 1. The molecule has 0 aromatic heterocycles. The van der Waals surface area contributed by atoms with Crippen LogP contribution in [0.1, 0.15) is 37.6 Å². The number of benzene rings is 1. The topological polar surface area (TPSA) is 47.6 Å². The van der Waals surface area contributed by atoms with Gasteiger partial charge < -0.3 is 14.8 Å². The molecule has 0 radical (unpaired) electrons. The van der Waals surface area contributed by atoms with Gasteiger partial charge in [-0.2, -0.15) is 0 Å². The van der Waals surface area contributed by atoms with Crippen LogP contribution in [0.2, 0.25) is 0 Å². The Balaban J connectivity index is 2.78. The maximum absolute atomic E-state index is 12.0. The highest BCUT2D eigenvalue weighted by Gasteiger charge is 2.11. The highest BCUT2D eigenvalue weighted by molar-refractivity contribution is 5.98. The van der Waals surface area contributed by atoms with Gasteiger partial charge in [0.25, 0.3) is 0 Å². The van der Waals surface area contributed by atoms with Crippen LogP contribution in [-0.2, 0) is 0 Å². The average molecular weight is 265 g/mol. The van der Waals surface area contributed by atoms with Gasteiger partial charge in [-0.1, -0.05) is 6.92 Å². The lowest BCUT2D eigenvalue weighted by Gasteiger charge is -2.12. The zero-order chi connectivity index (χ0) is 14.1. The van der Waals surface area contributed by atoms with Gasteiger partial charge in [0.2, 0.25) is 0 Å². The van der Waals surface area contributed by atoms with Crippen LogP contribution in [0.3, 0.4) is 0 Å². The van der Waals surface area contributed by atoms with E-state index < -0.39 is 0 Å². The number of carbonyl (C=O) groups excluding carboxylic acids is 1. The maximum atomic E-state index is 12.0. The molecular weight excluding hydrogens is 242 g/mol. The van der Waals surface area contributed by atoms with E-state index in [2.05, 4.69) is 12.2 Å². The fourth-order valence-electron chi connectivity index (χ4n) is 1.71. The molecule has 0 spiro atoms. The Kier molecular flexibility index (Phi) is 6.97. The lowest BCUT2D eigenvalue weighted by molar-refractivity contribution is 0.0991. The van der Waals surface area contributed by atoms with Gasteiger partial charge in [0, 0.05) is 5.56 Å². The summed E-state index contributed by atoms with van der Waals surface area (Å²) in [7, 11) is 0. The molecule has 1 N–H and O–H groups in total. The van der Waals surface area contributed by atoms with Crippen molar-refractivity contribution in [3.63, 3.8) is 0 Å². The van der Waals surface area contributed by atoms with E-state index in [1.807, 2.05) is 13.8 Å². The number of carbonyl (C=O) groups is 1. The van der Waals surface area contributed by atoms with Crippen LogP contribution in [0.5, 0.6) is 11.5 Å². The molecule has 0 heterocycles. The van der Waals surface area contributed by atoms with Crippen molar-refractivity contribution in [2.75, 3.05) is 26.3 Å². The smallest absolute Gasteiger partial charge is 0.176 e. The van der Waals surface area contributed by atoms with Crippen LogP contribution in [-0.4, -0.2) is 32.1 Å². The standard InChI is InChI=1S/C15H23NO3/c1-4-9-16-11-13(17)12-7-8-14(18-5-2)15(10-12)19-6-3/h7-8,10,16H,4-6,9,11H2,1-3H3. The van der Waals surface area contributed by atoms with Crippen LogP contribution < -0.4 is 14.8 Å². The van der Waals surface area contributed by atoms with Crippen LogP contribution in [0.25, 0.3) is 0 Å². The number of hydrogen-bond acceptors (Lipinski definition) is 4. The molecule has 1 rings (SSSR count). The Labute approximate surface area is 115 Å². The minimum Gasteiger partial charge on any atom is -0.490 e. The molecule has 0 aliphatic heterocycles. The molecule has 0 aliphatic rings. The summed E-state index contributed by atoms with van der Waals surface area (Å²) in [6, 6.07) is 5.33. The highest BCUT2D eigenvalue weighted by atomic mass is 16.5. The van der Waals surface area contributed by atoms with Crippen molar-refractivity contribution in [2.24, 2.45) is 0 Å². The molecule has 1 aromatic carbocycles. The molecule has 0 saturated carbocycles. The summed E-state index contributed by atoms with van der Waals surface area (Å²) in [6.45, 7) is 8.23. The number of nitrogens with one attached hydrogen (secondary N) is 1. The van der Waals surface area contributed by atoms with Crippen LogP contribution >= 0.6 is 0 Å². The predicted octanol–water partition coefficient (Wildman–Crippen LogP) is 2.67. The minimum absolute atomic E-state index is 0.0671. The Morgan fingerprint density at radius 1 is 1.11 bits per heavy atom. The van der Waals surface area contributed by atoms with Crippen molar-refractivity contribution >= 4 is 5.78 Å². The zero-order valence-corrected chi connectivity index (χ0v) is 12.0. The summed E-state index contributed by atoms with van der Waals surface area (Å²) in [4.78, 5) is 12.0. The van der Waals surface area contributed by atoms with Gasteiger partial charge in [-0.05, 0) is 45.0 Å². The number of Topliss-reactive ketones (excluding diaryl/α,β-unsaturated/α-hetero) is 1. The first-order valence-corrected chi connectivity index (χ1v) is 6.86. The fourth-order valence-corrected chi connectivity index (χ4v) is 1.71. The normalized spacial score (nSPS) is 10.3. The van der Waals surface area contributed by atoms with Crippen LogP contribution in [0.15, 0.2) is 18.2 Å². The molecule has 0 atom stereocenters. The number of ether oxygens (including phenoxy) is 2. The third-order valence-electron chi connectivity index (χ3n) is 2.58. The van der Waals surface area contributed by atoms with Crippen molar-refractivity contribution in [3.05, 3.63) is 23.8 Å². The number of ketones is 1. The summed E-state index contributed by atoms with van der Waals surface area (Å²) in [5, 5.41) is 3.10. The molecular formula is C15H23NO3. The maximum Gasteiger partial charge on any atom is 0.176 e. The molecule has 4 heteroatoms. The monoisotopic (exact) mass is 265 g/mol. The molecule has 4 nitrogen and oxygen atoms in total. The molecule has 0 amide bonds. The Hall–Kier alpha value is -1.55. The minimum atomic E-state index is 0.0671. The van der Waals surface area contributed by atoms with Crippen molar-refractivity contribution < 1.29 is 14.3 Å². The average Bonchev–Trinajstić information content (AvgIpc) is 2.41. The zero-order valence-electron chi connectivity index (χ0n) is 12.0. The van der Waals surface area contributed by atoms with E-state index in [0.717, 1.165) is 13.0 Å². The van der Waals surface area contributed by atoms with E-state index in [4.69, 9.17) is 9.47 Å². The van der Waals surface area contributed by atoms with Crippen molar-refractivity contribution in [3.8, 4) is 11.5 Å². The van der Waals surface area contributed by atoms with E-state index in [9.17, 15) is 4.79 Å². The summed E-state index contributed by atoms with van der Waals surface area (Å²) >= 11 is 0. The van der Waals surface area contributed by atoms with E-state index in [1.54, 1.807) is 18.2 Å². The van der Waals surface area contributed by atoms with E-state index in [0.29, 0.717) is 36.8 Å². The van der Waals surface area contributed by atoms with Gasteiger partial charge in [0.15, 0.2) is 17.3 Å². The van der Waals surface area contributed by atoms with E-state index in [1.165, 1.54) is 0 Å². The van der Waals surface area contributed by atoms with Crippen molar-refractivity contribution in [1.29, 1.82) is 0 Å². The Morgan fingerprint density at radius 3 is 2.42 bits per heavy atom. The summed E-state index contributed by atoms with van der Waals surface area (Å²) in [5.41, 5.74) is 0.649. The second kappa shape index (κ2) is 8.53. The van der Waals surface area contributed by atoms with Crippen LogP contribution in [0.4, 0.5) is 0 Å². The van der Waals surface area contributed by atoms with Gasteiger partial charge >= 0.3 is 0 Å². The third-order valence-corrected chi connectivity index (χ3v) is 2.58. The molecule has 106 valence electrons. The summed E-state index contributed by atoms with van der Waals surface area (Å²) < 4.78 is 11.0. The molecule has 1 aromatic rings. The Morgan fingerprint density at radius 2 is 1.79 bits per heavy atom. The predicted molar refractivity (Wildman–Crippen MR) is 76.3 cm³/mol. The first-order valence-electron chi connectivity index (χ1n) is 6.86. The van der Waals surface area contributed by atoms with Crippen molar-refractivity contribution in [2.45, 2.75) is 27.2 Å². The number of rotatable bonds is 9. The molecule has 0 saturated heterocycles. The second-order valence-corrected chi connectivity index (χ2v) is 4.13. The summed E-state index contributed by atoms with van der Waals surface area (Å²) in [6.07, 6.45) is 1.01. The van der Waals surface area contributed by atoms with E-state index in [-0.39, 0.29) is 5.78 Å². The first-order chi connectivity index (χ1) is 9.22. The van der Waals surface area contributed by atoms with Gasteiger partial charge in [0.05, 0.1) is 19.8 Å². The van der Waals surface area contributed by atoms with Gasteiger partial charge in [-0.3, -0.25) is 4.79 Å². The molecule has 19 heavy (non-hydrogen) atoms. The highest BCUT2D eigenvalue weighted by Crippen LogP contribution is 2.28. The third kappa shape index (κ3) is 4.91. The lowest BCUT2D eigenvalue weighted by Crippen LogP contribution is -2.23. The Bertz CT molecular complexity index is 404.